The van der Waals surface area contributed by atoms with Crippen molar-refractivity contribution in [3.8, 4) is 11.5 Å². The molecule has 0 radical (unpaired) electrons. The van der Waals surface area contributed by atoms with Gasteiger partial charge in [-0.1, -0.05) is 17.7 Å². The van der Waals surface area contributed by atoms with Crippen LogP contribution >= 0.6 is 11.6 Å². The molecule has 0 bridgehead atoms. The first-order chi connectivity index (χ1) is 19.1. The topological polar surface area (TPSA) is 123 Å². The van der Waals surface area contributed by atoms with Gasteiger partial charge >= 0.3 is 5.97 Å². The molecule has 1 aliphatic rings. The van der Waals surface area contributed by atoms with Gasteiger partial charge in [-0.3, -0.25) is 14.4 Å². The molecule has 206 valence electrons. The first-order valence-corrected chi connectivity index (χ1v) is 12.5. The van der Waals surface area contributed by atoms with Crippen LogP contribution in [-0.4, -0.2) is 44.0 Å². The van der Waals surface area contributed by atoms with Crippen molar-refractivity contribution < 1.29 is 33.4 Å². The molecule has 11 heteroatoms. The Morgan fingerprint density at radius 3 is 2.25 bits per heavy atom. The van der Waals surface area contributed by atoms with Crippen molar-refractivity contribution in [1.82, 2.24) is 0 Å². The van der Waals surface area contributed by atoms with Crippen molar-refractivity contribution in [2.75, 3.05) is 29.8 Å². The Balaban J connectivity index is 1.47. The number of carbonyl (C=O) groups excluding carboxylic acids is 4. The number of ether oxygens (including phenoxy) is 3. The van der Waals surface area contributed by atoms with Crippen LogP contribution in [0.5, 0.6) is 11.5 Å². The Hall–Kier alpha value is -4.83. The van der Waals surface area contributed by atoms with Gasteiger partial charge in [-0.2, -0.15) is 0 Å². The number of benzene rings is 3. The molecule has 3 amide bonds. The fourth-order valence-electron chi connectivity index (χ4n) is 3.85. The minimum absolute atomic E-state index is 0.137. The van der Waals surface area contributed by atoms with Gasteiger partial charge in [-0.05, 0) is 68.4 Å². The fraction of sp³-hybridized carbons (Fsp3) is 0.172. The number of imide groups is 1. The summed E-state index contributed by atoms with van der Waals surface area (Å²) in [6.07, 6.45) is -0.333. The summed E-state index contributed by atoms with van der Waals surface area (Å²) in [6.45, 7) is 3.43. The van der Waals surface area contributed by atoms with E-state index in [-0.39, 0.29) is 34.0 Å². The van der Waals surface area contributed by atoms with E-state index in [0.717, 1.165) is 4.90 Å². The lowest BCUT2D eigenvalue weighted by Gasteiger charge is -2.16. The molecule has 0 unspecified atom stereocenters. The summed E-state index contributed by atoms with van der Waals surface area (Å²) in [7, 11) is 3.01. The van der Waals surface area contributed by atoms with Gasteiger partial charge in [0.05, 0.1) is 37.3 Å². The molecule has 0 aliphatic carbocycles. The molecule has 10 nitrogen and oxygen atoms in total. The van der Waals surface area contributed by atoms with Crippen LogP contribution in [0.2, 0.25) is 0 Å². The first kappa shape index (κ1) is 28.2. The number of nitrogens with zero attached hydrogens (tertiary/aromatic N) is 1. The SMILES string of the molecule is COc1ccc(NC(=O)c2ccc(NC3=C(Cl)C(=O)N(c4cccc(C(=O)OC(C)C)c4)C3=O)cc2)c(OC)c1. The van der Waals surface area contributed by atoms with E-state index >= 15 is 0 Å². The highest BCUT2D eigenvalue weighted by Gasteiger charge is 2.39. The average molecular weight is 564 g/mol. The van der Waals surface area contributed by atoms with Gasteiger partial charge in [0.2, 0.25) is 0 Å². The van der Waals surface area contributed by atoms with Gasteiger partial charge < -0.3 is 24.8 Å². The van der Waals surface area contributed by atoms with E-state index in [1.54, 1.807) is 56.3 Å². The third kappa shape index (κ3) is 5.92. The van der Waals surface area contributed by atoms with Crippen LogP contribution in [0.15, 0.2) is 77.5 Å². The maximum absolute atomic E-state index is 13.2. The van der Waals surface area contributed by atoms with Crippen molar-refractivity contribution in [3.63, 3.8) is 0 Å². The summed E-state index contributed by atoms with van der Waals surface area (Å²) in [5.74, 6) is -1.39. The molecule has 0 aromatic heterocycles. The zero-order valence-electron chi connectivity index (χ0n) is 22.1. The molecule has 0 atom stereocenters. The van der Waals surface area contributed by atoms with Gasteiger partial charge in [0, 0.05) is 17.3 Å². The number of amides is 3. The van der Waals surface area contributed by atoms with Crippen LogP contribution in [0.4, 0.5) is 17.1 Å². The highest BCUT2D eigenvalue weighted by atomic mass is 35.5. The van der Waals surface area contributed by atoms with Crippen LogP contribution < -0.4 is 25.0 Å². The van der Waals surface area contributed by atoms with Crippen molar-refractivity contribution in [2.45, 2.75) is 20.0 Å². The van der Waals surface area contributed by atoms with Gasteiger partial charge in [-0.15, -0.1) is 0 Å². The van der Waals surface area contributed by atoms with E-state index in [0.29, 0.717) is 28.4 Å². The number of halogens is 1. The highest BCUT2D eigenvalue weighted by Crippen LogP contribution is 2.32. The smallest absolute Gasteiger partial charge is 0.338 e. The summed E-state index contributed by atoms with van der Waals surface area (Å²) in [6, 6.07) is 17.2. The van der Waals surface area contributed by atoms with Crippen molar-refractivity contribution in [3.05, 3.63) is 88.6 Å². The molecule has 0 fully saturated rings. The Morgan fingerprint density at radius 1 is 0.875 bits per heavy atom. The van der Waals surface area contributed by atoms with E-state index in [1.807, 2.05) is 0 Å². The predicted molar refractivity (Wildman–Crippen MR) is 150 cm³/mol. The summed E-state index contributed by atoms with van der Waals surface area (Å²) in [5.41, 5.74) is 1.44. The van der Waals surface area contributed by atoms with Crippen LogP contribution in [0.25, 0.3) is 0 Å². The van der Waals surface area contributed by atoms with Crippen molar-refractivity contribution >= 4 is 52.4 Å². The maximum atomic E-state index is 13.2. The van der Waals surface area contributed by atoms with E-state index < -0.39 is 17.8 Å². The number of hydrogen-bond donors (Lipinski definition) is 2. The Labute approximate surface area is 235 Å². The lowest BCUT2D eigenvalue weighted by atomic mass is 10.1. The summed E-state index contributed by atoms with van der Waals surface area (Å²) in [5, 5.41) is 5.33. The quantitative estimate of drug-likeness (QED) is 0.277. The molecule has 0 saturated heterocycles. The predicted octanol–water partition coefficient (Wildman–Crippen LogP) is 4.96. The largest absolute Gasteiger partial charge is 0.497 e. The number of hydrogen-bond acceptors (Lipinski definition) is 8. The molecule has 4 rings (SSSR count). The van der Waals surface area contributed by atoms with Crippen LogP contribution in [0.1, 0.15) is 34.6 Å². The lowest BCUT2D eigenvalue weighted by Crippen LogP contribution is -2.32. The van der Waals surface area contributed by atoms with Gasteiger partial charge in [0.15, 0.2) is 0 Å². The Bertz CT molecular complexity index is 1520. The van der Waals surface area contributed by atoms with E-state index in [2.05, 4.69) is 10.6 Å². The molecule has 2 N–H and O–H groups in total. The number of methoxy groups -OCH3 is 2. The molecule has 0 saturated carbocycles. The Kier molecular flexibility index (Phi) is 8.40. The molecule has 1 heterocycles. The van der Waals surface area contributed by atoms with E-state index in [1.165, 1.54) is 38.5 Å². The highest BCUT2D eigenvalue weighted by molar-refractivity contribution is 6.53. The third-order valence-electron chi connectivity index (χ3n) is 5.78. The van der Waals surface area contributed by atoms with Gasteiger partial charge in [0.25, 0.3) is 17.7 Å². The molecule has 3 aromatic carbocycles. The molecule has 1 aliphatic heterocycles. The van der Waals surface area contributed by atoms with Crippen molar-refractivity contribution in [1.29, 1.82) is 0 Å². The second-order valence-corrected chi connectivity index (χ2v) is 9.24. The van der Waals surface area contributed by atoms with Crippen molar-refractivity contribution in [2.24, 2.45) is 0 Å². The van der Waals surface area contributed by atoms with Crippen LogP contribution in [-0.2, 0) is 14.3 Å². The second kappa shape index (κ2) is 11.9. The Morgan fingerprint density at radius 2 is 1.60 bits per heavy atom. The molecular formula is C29H26ClN3O7. The van der Waals surface area contributed by atoms with E-state index in [4.69, 9.17) is 25.8 Å². The molecule has 0 spiro atoms. The lowest BCUT2D eigenvalue weighted by molar-refractivity contribution is -0.120. The number of nitrogens with one attached hydrogen (secondary N) is 2. The van der Waals surface area contributed by atoms with E-state index in [9.17, 15) is 19.2 Å². The number of esters is 1. The zero-order chi connectivity index (χ0) is 29.0. The summed E-state index contributed by atoms with van der Waals surface area (Å²) >= 11 is 6.24. The number of anilines is 3. The minimum Gasteiger partial charge on any atom is -0.497 e. The number of rotatable bonds is 9. The third-order valence-corrected chi connectivity index (χ3v) is 6.13. The average Bonchev–Trinajstić information content (AvgIpc) is 3.16. The summed E-state index contributed by atoms with van der Waals surface area (Å²) < 4.78 is 15.7. The maximum Gasteiger partial charge on any atom is 0.338 e. The first-order valence-electron chi connectivity index (χ1n) is 12.1. The van der Waals surface area contributed by atoms with Crippen LogP contribution in [0.3, 0.4) is 0 Å². The van der Waals surface area contributed by atoms with Gasteiger partial charge in [-0.25, -0.2) is 9.69 Å². The standard InChI is InChI=1S/C29H26ClN3O7/c1-16(2)40-29(37)18-6-5-7-20(14-18)33-27(35)24(30)25(28(33)36)31-19-10-8-17(9-11-19)26(34)32-22-13-12-21(38-3)15-23(22)39-4/h5-16,31H,1-4H3,(H,32,34). The van der Waals surface area contributed by atoms with Crippen LogP contribution in [0, 0.1) is 0 Å². The molecule has 40 heavy (non-hydrogen) atoms. The normalized spacial score (nSPS) is 13.0. The molecular weight excluding hydrogens is 538 g/mol. The monoisotopic (exact) mass is 563 g/mol. The van der Waals surface area contributed by atoms with Gasteiger partial charge in [0.1, 0.15) is 22.2 Å². The fourth-order valence-corrected chi connectivity index (χ4v) is 4.06. The second-order valence-electron chi connectivity index (χ2n) is 8.86. The minimum atomic E-state index is -0.743. The molecule has 3 aromatic rings. The zero-order valence-corrected chi connectivity index (χ0v) is 22.9. The number of carbonyl (C=O) groups is 4. The summed E-state index contributed by atoms with van der Waals surface area (Å²) in [4.78, 5) is 52.0.